The molecule has 0 spiro atoms. The summed E-state index contributed by atoms with van der Waals surface area (Å²) in [5, 5.41) is 15.6. The smallest absolute Gasteiger partial charge is 0.321 e. The summed E-state index contributed by atoms with van der Waals surface area (Å²) in [6, 6.07) is 3.82. The van der Waals surface area contributed by atoms with Crippen molar-refractivity contribution in [1.29, 1.82) is 0 Å². The molecule has 0 aliphatic heterocycles. The van der Waals surface area contributed by atoms with Crippen LogP contribution >= 0.6 is 0 Å². The predicted octanol–water partition coefficient (Wildman–Crippen LogP) is 0.949. The molecule has 1 N–H and O–H groups in total. The summed E-state index contributed by atoms with van der Waals surface area (Å²) < 4.78 is 13.2. The van der Waals surface area contributed by atoms with E-state index < -0.39 is 0 Å². The Kier molecular flexibility index (Phi) is 4.92. The molecule has 11 nitrogen and oxygen atoms in total. The normalized spacial score (nSPS) is 19.9. The number of hydrogen-bond acceptors (Lipinski definition) is 9. The van der Waals surface area contributed by atoms with E-state index in [1.54, 1.807) is 24.2 Å². The van der Waals surface area contributed by atoms with Gasteiger partial charge in [-0.1, -0.05) is 5.16 Å². The van der Waals surface area contributed by atoms with Crippen molar-refractivity contribution in [3.63, 3.8) is 0 Å². The zero-order valence-electron chi connectivity index (χ0n) is 14.9. The first-order valence-corrected chi connectivity index (χ1v) is 8.76. The van der Waals surface area contributed by atoms with E-state index in [0.717, 1.165) is 25.7 Å². The van der Waals surface area contributed by atoms with Crippen LogP contribution in [0, 0.1) is 0 Å². The molecule has 142 valence electrons. The van der Waals surface area contributed by atoms with E-state index in [2.05, 4.69) is 30.6 Å². The van der Waals surface area contributed by atoms with Crippen molar-refractivity contribution >= 4 is 6.01 Å². The zero-order valence-corrected chi connectivity index (χ0v) is 14.9. The summed E-state index contributed by atoms with van der Waals surface area (Å²) in [6.45, 7) is 0.314. The minimum absolute atomic E-state index is 0.0470. The SMILES string of the molecule is COCc1noc(NC2CCC(n3nc(-n4cncn4)ccc3=O)CC2)n1. The lowest BCUT2D eigenvalue weighted by Crippen LogP contribution is -2.33. The van der Waals surface area contributed by atoms with Crippen molar-refractivity contribution < 1.29 is 9.26 Å². The Labute approximate surface area is 154 Å². The highest BCUT2D eigenvalue weighted by Crippen LogP contribution is 2.28. The van der Waals surface area contributed by atoms with Gasteiger partial charge in [0.1, 0.15) is 19.3 Å². The van der Waals surface area contributed by atoms with Crippen molar-refractivity contribution in [1.82, 2.24) is 34.7 Å². The Balaban J connectivity index is 1.40. The largest absolute Gasteiger partial charge is 0.377 e. The van der Waals surface area contributed by atoms with E-state index in [1.165, 1.54) is 17.1 Å². The second-order valence-corrected chi connectivity index (χ2v) is 6.41. The van der Waals surface area contributed by atoms with Crippen molar-refractivity contribution in [2.24, 2.45) is 0 Å². The molecule has 3 heterocycles. The Bertz CT molecular complexity index is 927. The molecule has 0 amide bonds. The Hall–Kier alpha value is -3.08. The summed E-state index contributed by atoms with van der Waals surface area (Å²) in [6.07, 6.45) is 6.38. The first-order chi connectivity index (χ1) is 13.2. The molecule has 4 rings (SSSR count). The average molecular weight is 372 g/mol. The topological polar surface area (TPSA) is 126 Å². The number of nitrogens with one attached hydrogen (secondary N) is 1. The lowest BCUT2D eigenvalue weighted by molar-refractivity contribution is 0.174. The third-order valence-electron chi connectivity index (χ3n) is 4.58. The molecule has 0 atom stereocenters. The Morgan fingerprint density at radius 2 is 2.15 bits per heavy atom. The molecular weight excluding hydrogens is 352 g/mol. The second kappa shape index (κ2) is 7.66. The van der Waals surface area contributed by atoms with Gasteiger partial charge in [-0.3, -0.25) is 4.79 Å². The van der Waals surface area contributed by atoms with Gasteiger partial charge in [0.25, 0.3) is 5.56 Å². The Morgan fingerprint density at radius 1 is 1.30 bits per heavy atom. The highest BCUT2D eigenvalue weighted by molar-refractivity contribution is 5.21. The fourth-order valence-corrected chi connectivity index (χ4v) is 3.27. The van der Waals surface area contributed by atoms with Crippen LogP contribution in [0.5, 0.6) is 0 Å². The first kappa shape index (κ1) is 17.3. The maximum Gasteiger partial charge on any atom is 0.321 e. The molecule has 1 aliphatic carbocycles. The van der Waals surface area contributed by atoms with Gasteiger partial charge in [-0.05, 0) is 31.7 Å². The minimum atomic E-state index is -0.114. The second-order valence-electron chi connectivity index (χ2n) is 6.41. The first-order valence-electron chi connectivity index (χ1n) is 8.76. The van der Waals surface area contributed by atoms with Gasteiger partial charge in [-0.2, -0.15) is 10.1 Å². The summed E-state index contributed by atoms with van der Waals surface area (Å²) in [4.78, 5) is 20.4. The van der Waals surface area contributed by atoms with Crippen molar-refractivity contribution in [2.45, 2.75) is 44.4 Å². The quantitative estimate of drug-likeness (QED) is 0.673. The van der Waals surface area contributed by atoms with E-state index in [0.29, 0.717) is 24.3 Å². The molecule has 0 aromatic carbocycles. The van der Waals surface area contributed by atoms with Crippen LogP contribution in [-0.2, 0) is 11.3 Å². The van der Waals surface area contributed by atoms with Gasteiger partial charge < -0.3 is 14.6 Å². The molecule has 11 heteroatoms. The minimum Gasteiger partial charge on any atom is -0.377 e. The fourth-order valence-electron chi connectivity index (χ4n) is 3.27. The number of ether oxygens (including phenoxy) is 1. The van der Waals surface area contributed by atoms with E-state index >= 15 is 0 Å². The van der Waals surface area contributed by atoms with Crippen molar-refractivity contribution in [2.75, 3.05) is 12.4 Å². The van der Waals surface area contributed by atoms with Gasteiger partial charge in [0.2, 0.25) is 0 Å². The molecule has 0 saturated heterocycles. The van der Waals surface area contributed by atoms with E-state index in [-0.39, 0.29) is 17.6 Å². The molecule has 0 radical (unpaired) electrons. The third-order valence-corrected chi connectivity index (χ3v) is 4.58. The van der Waals surface area contributed by atoms with Gasteiger partial charge in [0.05, 0.1) is 6.04 Å². The maximum absolute atomic E-state index is 12.3. The molecule has 27 heavy (non-hydrogen) atoms. The molecule has 3 aromatic heterocycles. The average Bonchev–Trinajstić information content (AvgIpc) is 3.36. The van der Waals surface area contributed by atoms with Crippen LogP contribution < -0.4 is 10.9 Å². The van der Waals surface area contributed by atoms with E-state index in [4.69, 9.17) is 9.26 Å². The molecule has 1 fully saturated rings. The van der Waals surface area contributed by atoms with Gasteiger partial charge in [0.15, 0.2) is 11.6 Å². The van der Waals surface area contributed by atoms with Crippen LogP contribution in [0.3, 0.4) is 0 Å². The number of rotatable bonds is 6. The van der Waals surface area contributed by atoms with Gasteiger partial charge >= 0.3 is 6.01 Å². The standard InChI is InChI=1S/C16H20N8O3/c1-26-8-13-20-16(27-22-13)19-11-2-4-12(5-3-11)24-15(25)7-6-14(21-24)23-10-17-9-18-23/h6-7,9-12H,2-5,8H2,1H3,(H,19,20,22). The number of methoxy groups -OCH3 is 1. The number of aromatic nitrogens is 7. The summed E-state index contributed by atoms with van der Waals surface area (Å²) >= 11 is 0. The van der Waals surface area contributed by atoms with E-state index in [9.17, 15) is 4.79 Å². The Morgan fingerprint density at radius 3 is 2.89 bits per heavy atom. The lowest BCUT2D eigenvalue weighted by Gasteiger charge is -2.29. The summed E-state index contributed by atoms with van der Waals surface area (Å²) in [7, 11) is 1.58. The van der Waals surface area contributed by atoms with Crippen LogP contribution in [0.15, 0.2) is 34.1 Å². The fraction of sp³-hybridized carbons (Fsp3) is 0.500. The van der Waals surface area contributed by atoms with Gasteiger partial charge in [-0.15, -0.1) is 5.10 Å². The molecular formula is C16H20N8O3. The van der Waals surface area contributed by atoms with Crippen LogP contribution in [-0.4, -0.2) is 47.8 Å². The van der Waals surface area contributed by atoms with Crippen LogP contribution in [0.25, 0.3) is 5.82 Å². The lowest BCUT2D eigenvalue weighted by atomic mass is 9.91. The number of hydrogen-bond donors (Lipinski definition) is 1. The summed E-state index contributed by atoms with van der Waals surface area (Å²) in [5.74, 6) is 1.08. The zero-order chi connectivity index (χ0) is 18.6. The highest BCUT2D eigenvalue weighted by atomic mass is 16.5. The third kappa shape index (κ3) is 3.87. The van der Waals surface area contributed by atoms with Gasteiger partial charge in [0, 0.05) is 19.2 Å². The predicted molar refractivity (Wildman–Crippen MR) is 93.3 cm³/mol. The molecule has 1 saturated carbocycles. The van der Waals surface area contributed by atoms with Crippen LogP contribution in [0.4, 0.5) is 6.01 Å². The molecule has 3 aromatic rings. The molecule has 0 unspecified atom stereocenters. The number of nitrogens with zero attached hydrogens (tertiary/aromatic N) is 7. The molecule has 0 bridgehead atoms. The highest BCUT2D eigenvalue weighted by Gasteiger charge is 2.25. The van der Waals surface area contributed by atoms with Gasteiger partial charge in [-0.25, -0.2) is 14.3 Å². The van der Waals surface area contributed by atoms with Crippen LogP contribution in [0.1, 0.15) is 37.5 Å². The van der Waals surface area contributed by atoms with Crippen LogP contribution in [0.2, 0.25) is 0 Å². The monoisotopic (exact) mass is 372 g/mol. The van der Waals surface area contributed by atoms with E-state index in [1.807, 2.05) is 0 Å². The molecule has 1 aliphatic rings. The number of anilines is 1. The van der Waals surface area contributed by atoms with Crippen molar-refractivity contribution in [3.8, 4) is 5.82 Å². The maximum atomic E-state index is 12.3. The van der Waals surface area contributed by atoms with Crippen molar-refractivity contribution in [3.05, 3.63) is 41.0 Å². The summed E-state index contributed by atoms with van der Waals surface area (Å²) in [5.41, 5.74) is -0.114.